The minimum atomic E-state index is 0.318. The Morgan fingerprint density at radius 1 is 0.462 bits per heavy atom. The maximum atomic E-state index is 2.47. The van der Waals surface area contributed by atoms with Crippen molar-refractivity contribution in [1.29, 1.82) is 0 Å². The van der Waals surface area contributed by atoms with Crippen molar-refractivity contribution >= 4 is 86.7 Å². The quantitative estimate of drug-likeness (QED) is 0.396. The fraction of sp³-hybridized carbons (Fsp3) is 0.0909. The van der Waals surface area contributed by atoms with E-state index in [0.717, 1.165) is 0 Å². The Morgan fingerprint density at radius 2 is 0.885 bits per heavy atom. The summed E-state index contributed by atoms with van der Waals surface area (Å²) in [7, 11) is 0. The monoisotopic (exact) mass is 390 g/mol. The fourth-order valence-corrected chi connectivity index (χ4v) is 8.98. The zero-order valence-corrected chi connectivity index (χ0v) is 23.8. The van der Waals surface area contributed by atoms with Crippen molar-refractivity contribution in [3.8, 4) is 11.1 Å². The highest BCUT2D eigenvalue weighted by atomic mass is 27.1. The first-order valence-corrected chi connectivity index (χ1v) is 13.6. The molecule has 0 amide bonds. The van der Waals surface area contributed by atoms with E-state index in [1.54, 1.807) is 44.2 Å². The third-order valence-electron chi connectivity index (χ3n) is 7.03. The van der Waals surface area contributed by atoms with Crippen molar-refractivity contribution in [2.45, 2.75) is 6.28 Å². The third kappa shape index (κ3) is 1.80. The first-order chi connectivity index (χ1) is 12.4. The zero-order valence-electron chi connectivity index (χ0n) is 15.8. The van der Waals surface area contributed by atoms with Crippen LogP contribution in [0.1, 0.15) is 22.3 Å². The van der Waals surface area contributed by atoms with Crippen molar-refractivity contribution in [3.05, 3.63) is 82.9 Å². The molecule has 2 aliphatic rings. The molecule has 0 radical (unpaired) electrons. The first kappa shape index (κ1) is 16.5. The van der Waals surface area contributed by atoms with Gasteiger partial charge in [0, 0.05) is 0 Å². The minimum Gasteiger partial charge on any atom is -0.0758 e. The van der Waals surface area contributed by atoms with Crippen LogP contribution in [-0.4, -0.2) is 65.2 Å². The molecule has 0 bridgehead atoms. The van der Waals surface area contributed by atoms with Gasteiger partial charge < -0.3 is 0 Å². The lowest BCUT2D eigenvalue weighted by Gasteiger charge is -2.44. The topological polar surface area (TPSA) is 0 Å². The summed E-state index contributed by atoms with van der Waals surface area (Å²) < 4.78 is 0.635. The standard InChI is InChI=1S/C22H10.4Al.8H/c1-3-13-7-9-18-12-16-6-2-4-14-8-10-17-11-15(5-1)19(13)21(18)22(17)20(14)16;;;;;;;;;;;;/h1-10H;;;;;;;;;;;;. The molecule has 0 atom stereocenters. The fourth-order valence-electron chi connectivity index (χ4n) is 5.65. The van der Waals surface area contributed by atoms with E-state index in [4.69, 9.17) is 0 Å². The predicted molar refractivity (Wildman–Crippen MR) is 123 cm³/mol. The minimum absolute atomic E-state index is 0.318. The van der Waals surface area contributed by atoms with Crippen LogP contribution in [0.15, 0.2) is 60.7 Å². The summed E-state index contributed by atoms with van der Waals surface area (Å²) in [6, 6.07) is 23.8. The summed E-state index contributed by atoms with van der Waals surface area (Å²) >= 11 is 4.75. The summed E-state index contributed by atoms with van der Waals surface area (Å²) in [6.07, 6.45) is 0. The van der Waals surface area contributed by atoms with Crippen LogP contribution in [0.25, 0.3) is 32.7 Å². The van der Waals surface area contributed by atoms with Gasteiger partial charge in [0.1, 0.15) is 0 Å². The summed E-state index contributed by atoms with van der Waals surface area (Å²) in [4.78, 5) is 0. The van der Waals surface area contributed by atoms with Gasteiger partial charge >= 0.3 is 0 Å². The van der Waals surface area contributed by atoms with Gasteiger partial charge in [-0.2, -0.15) is 0 Å². The summed E-state index contributed by atoms with van der Waals surface area (Å²) in [5.41, 5.74) is 9.70. The Balaban J connectivity index is 2.02. The molecule has 0 saturated carbocycles. The molecule has 0 heterocycles. The van der Waals surface area contributed by atoms with Gasteiger partial charge in [-0.1, -0.05) is 89.2 Å². The second kappa shape index (κ2) is 5.11. The maximum Gasteiger partial charge on any atom is 0.214 e. The van der Waals surface area contributed by atoms with Gasteiger partial charge in [0.2, 0.25) is 65.2 Å². The smallest absolute Gasteiger partial charge is 0.0758 e. The molecule has 118 valence electrons. The van der Waals surface area contributed by atoms with Gasteiger partial charge in [-0.05, 0) is 32.7 Å². The lowest BCUT2D eigenvalue weighted by Crippen LogP contribution is -2.37. The van der Waals surface area contributed by atoms with E-state index in [9.17, 15) is 0 Å². The number of rotatable bonds is 0. The summed E-state index contributed by atoms with van der Waals surface area (Å²) in [5.74, 6) is 0. The van der Waals surface area contributed by atoms with Crippen molar-refractivity contribution in [2.75, 3.05) is 0 Å². The molecule has 0 nitrogen and oxygen atoms in total. The molecule has 0 unspecified atom stereocenters. The Hall–Kier alpha value is -0.470. The van der Waals surface area contributed by atoms with Crippen LogP contribution in [-0.2, 0) is 6.28 Å². The lowest BCUT2D eigenvalue weighted by atomic mass is 9.73. The van der Waals surface area contributed by atoms with Crippen LogP contribution < -0.4 is 0 Å². The van der Waals surface area contributed by atoms with Gasteiger partial charge in [-0.15, -0.1) is 0 Å². The van der Waals surface area contributed by atoms with Crippen LogP contribution in [0.3, 0.4) is 0 Å². The lowest BCUT2D eigenvalue weighted by molar-refractivity contribution is 1.00. The van der Waals surface area contributed by atoms with Crippen LogP contribution in [0.2, 0.25) is 0 Å². The van der Waals surface area contributed by atoms with E-state index in [1.807, 2.05) is 0 Å². The van der Waals surface area contributed by atoms with Crippen molar-refractivity contribution in [1.82, 2.24) is 0 Å². The van der Waals surface area contributed by atoms with Crippen molar-refractivity contribution in [2.24, 2.45) is 0 Å². The maximum absolute atomic E-state index is 2.47. The molecule has 4 aromatic rings. The van der Waals surface area contributed by atoms with Crippen molar-refractivity contribution < 1.29 is 0 Å². The van der Waals surface area contributed by atoms with Crippen molar-refractivity contribution in [3.63, 3.8) is 0 Å². The first-order valence-electron chi connectivity index (χ1n) is 9.56. The van der Waals surface area contributed by atoms with Crippen LogP contribution in [0.4, 0.5) is 0 Å². The van der Waals surface area contributed by atoms with E-state index >= 15 is 0 Å². The molecule has 2 aliphatic carbocycles. The molecule has 0 aliphatic heterocycles. The molecule has 0 spiro atoms. The van der Waals surface area contributed by atoms with E-state index in [0.29, 0.717) is 6.28 Å². The van der Waals surface area contributed by atoms with Crippen LogP contribution >= 0.6 is 0 Å². The Labute approximate surface area is 185 Å². The summed E-state index contributed by atoms with van der Waals surface area (Å²) in [6.45, 7) is 0. The Morgan fingerprint density at radius 3 is 1.31 bits per heavy atom. The largest absolute Gasteiger partial charge is 0.214 e. The van der Waals surface area contributed by atoms with E-state index in [2.05, 4.69) is 60.7 Å². The number of benzene rings is 4. The van der Waals surface area contributed by atoms with Gasteiger partial charge in [-0.25, -0.2) is 0 Å². The highest BCUT2D eigenvalue weighted by Crippen LogP contribution is 2.55. The summed E-state index contributed by atoms with van der Waals surface area (Å²) in [5, 5.41) is 6.05. The average Bonchev–Trinajstić information content (AvgIpc) is 2.63. The van der Waals surface area contributed by atoms with Gasteiger partial charge in [-0.3, -0.25) is 0 Å². The van der Waals surface area contributed by atoms with Crippen LogP contribution in [0, 0.1) is 0 Å². The van der Waals surface area contributed by atoms with Gasteiger partial charge in [0.25, 0.3) is 0 Å². The second-order valence-electron chi connectivity index (χ2n) is 9.03. The van der Waals surface area contributed by atoms with E-state index in [1.165, 1.54) is 75.9 Å². The SMILES string of the molecule is [AlH2][C]1([AlH2])c2ccc3cccc4c3c2-c2c(ccc3cccc1c23)[C]4([AlH2])[AlH2]. The molecule has 0 aromatic heterocycles. The number of hydrogen-bond acceptors (Lipinski definition) is 0. The molecule has 4 aromatic carbocycles. The third-order valence-corrected chi connectivity index (χ3v) is 11.3. The molecule has 26 heavy (non-hydrogen) atoms. The Kier molecular flexibility index (Phi) is 3.24. The molecule has 0 N–H and O–H groups in total. The highest BCUT2D eigenvalue weighted by molar-refractivity contribution is 6.48. The van der Waals surface area contributed by atoms with E-state index in [-0.39, 0.29) is 0 Å². The predicted octanol–water partition coefficient (Wildman–Crippen LogP) is 1.22. The van der Waals surface area contributed by atoms with Crippen LogP contribution in [0.5, 0.6) is 0 Å². The number of hydrogen-bond donors (Lipinski definition) is 0. The molecule has 4 heteroatoms. The highest BCUT2D eigenvalue weighted by Gasteiger charge is 2.41. The molecular weight excluding hydrogens is 372 g/mol. The molecule has 0 fully saturated rings. The Bertz CT molecular complexity index is 1180. The normalized spacial score (nSPS) is 17.7. The van der Waals surface area contributed by atoms with Gasteiger partial charge in [0.05, 0.1) is 0 Å². The molecular formula is C22H18Al4. The average molecular weight is 390 g/mol. The van der Waals surface area contributed by atoms with E-state index < -0.39 is 0 Å². The second-order valence-corrected chi connectivity index (χ2v) is 21.0. The van der Waals surface area contributed by atoms with Gasteiger partial charge in [0.15, 0.2) is 0 Å². The zero-order chi connectivity index (χ0) is 17.8. The molecule has 0 saturated heterocycles. The molecule has 6 rings (SSSR count).